The van der Waals surface area contributed by atoms with Crippen LogP contribution < -0.4 is 5.32 Å². The number of hydrogen-bond donors (Lipinski definition) is 2. The molecule has 2 rings (SSSR count). The van der Waals surface area contributed by atoms with E-state index in [1.807, 2.05) is 54.6 Å². The van der Waals surface area contributed by atoms with Gasteiger partial charge in [-0.15, -0.1) is 0 Å². The third-order valence-corrected chi connectivity index (χ3v) is 3.76. The van der Waals surface area contributed by atoms with Crippen molar-refractivity contribution in [2.45, 2.75) is 25.4 Å². The van der Waals surface area contributed by atoms with Gasteiger partial charge in [0.1, 0.15) is 5.60 Å². The highest BCUT2D eigenvalue weighted by Gasteiger charge is 2.23. The van der Waals surface area contributed by atoms with Gasteiger partial charge in [-0.2, -0.15) is 5.26 Å². The number of benzene rings is 2. The maximum atomic E-state index is 12.1. The maximum Gasteiger partial charge on any atom is 0.224 e. The zero-order chi connectivity index (χ0) is 16.7. The molecular weight excluding hydrogens is 288 g/mol. The van der Waals surface area contributed by atoms with Crippen LogP contribution in [0.5, 0.6) is 0 Å². The number of nitrogens with zero attached hydrogens (tertiary/aromatic N) is 1. The largest absolute Gasteiger partial charge is 0.384 e. The van der Waals surface area contributed by atoms with E-state index in [2.05, 4.69) is 11.4 Å². The van der Waals surface area contributed by atoms with Gasteiger partial charge in [-0.05, 0) is 23.6 Å². The molecular formula is C19H20N2O2. The van der Waals surface area contributed by atoms with Gasteiger partial charge < -0.3 is 10.4 Å². The van der Waals surface area contributed by atoms with Crippen molar-refractivity contribution >= 4 is 5.91 Å². The maximum absolute atomic E-state index is 12.1. The molecule has 0 aliphatic heterocycles. The molecule has 0 fully saturated rings. The van der Waals surface area contributed by atoms with Crippen molar-refractivity contribution in [3.05, 3.63) is 71.3 Å². The molecule has 0 saturated heterocycles. The molecule has 1 amide bonds. The number of aliphatic hydroxyl groups is 1. The summed E-state index contributed by atoms with van der Waals surface area (Å²) in [4.78, 5) is 12.1. The average Bonchev–Trinajstić information content (AvgIpc) is 2.56. The topological polar surface area (TPSA) is 73.1 Å². The summed E-state index contributed by atoms with van der Waals surface area (Å²) in [5, 5.41) is 22.1. The lowest BCUT2D eigenvalue weighted by Crippen LogP contribution is -2.39. The smallest absolute Gasteiger partial charge is 0.224 e. The van der Waals surface area contributed by atoms with Gasteiger partial charge in [0.15, 0.2) is 0 Å². The molecule has 0 radical (unpaired) electrons. The van der Waals surface area contributed by atoms with Gasteiger partial charge in [-0.3, -0.25) is 4.79 Å². The molecule has 0 aliphatic rings. The first-order valence-electron chi connectivity index (χ1n) is 7.51. The number of amides is 1. The van der Waals surface area contributed by atoms with E-state index in [-0.39, 0.29) is 25.3 Å². The van der Waals surface area contributed by atoms with Crippen LogP contribution in [0.15, 0.2) is 54.6 Å². The predicted octanol–water partition coefficient (Wildman–Crippen LogP) is 2.32. The molecule has 2 aromatic rings. The first-order chi connectivity index (χ1) is 11.0. The fourth-order valence-corrected chi connectivity index (χ4v) is 2.39. The zero-order valence-electron chi connectivity index (χ0n) is 13.1. The van der Waals surface area contributed by atoms with Crippen LogP contribution in [0.2, 0.25) is 0 Å². The Morgan fingerprint density at radius 3 is 2.39 bits per heavy atom. The molecule has 2 aromatic carbocycles. The molecule has 0 heterocycles. The average molecular weight is 308 g/mol. The van der Waals surface area contributed by atoms with E-state index in [4.69, 9.17) is 5.26 Å². The summed E-state index contributed by atoms with van der Waals surface area (Å²) in [6.07, 6.45) is 0.480. The van der Waals surface area contributed by atoms with Gasteiger partial charge in [0.2, 0.25) is 5.91 Å². The minimum atomic E-state index is -1.12. The Labute approximate surface area is 136 Å². The molecule has 4 heteroatoms. The molecule has 0 bridgehead atoms. The van der Waals surface area contributed by atoms with Gasteiger partial charge in [-0.25, -0.2) is 0 Å². The van der Waals surface area contributed by atoms with E-state index in [1.165, 1.54) is 0 Å². The van der Waals surface area contributed by atoms with E-state index in [0.717, 1.165) is 16.7 Å². The summed E-state index contributed by atoms with van der Waals surface area (Å²) in [6, 6.07) is 18.7. The molecule has 23 heavy (non-hydrogen) atoms. The van der Waals surface area contributed by atoms with Crippen LogP contribution in [0, 0.1) is 11.3 Å². The fraction of sp³-hybridized carbons (Fsp3) is 0.263. The normalized spacial score (nSPS) is 12.9. The minimum absolute atomic E-state index is 0.135. The SMILES string of the molecule is CC(O)(CNC(=O)Cc1ccccc1CC#N)c1ccccc1. The zero-order valence-corrected chi connectivity index (χ0v) is 13.1. The van der Waals surface area contributed by atoms with Crippen molar-refractivity contribution in [2.75, 3.05) is 6.54 Å². The second-order valence-electron chi connectivity index (χ2n) is 5.70. The quantitative estimate of drug-likeness (QED) is 0.860. The second-order valence-corrected chi connectivity index (χ2v) is 5.70. The standard InChI is InChI=1S/C19H20N2O2/c1-19(23,17-9-3-2-4-10-17)14-21-18(22)13-16-8-6-5-7-15(16)11-12-20/h2-10,23H,11,13-14H2,1H3,(H,21,22). The van der Waals surface area contributed by atoms with E-state index in [9.17, 15) is 9.90 Å². The Hall–Kier alpha value is -2.64. The van der Waals surface area contributed by atoms with Crippen molar-refractivity contribution in [3.63, 3.8) is 0 Å². The number of carbonyl (C=O) groups is 1. The van der Waals surface area contributed by atoms with Crippen LogP contribution in [0.4, 0.5) is 0 Å². The highest BCUT2D eigenvalue weighted by atomic mass is 16.3. The molecule has 1 atom stereocenters. The highest BCUT2D eigenvalue weighted by Crippen LogP contribution is 2.19. The molecule has 1 unspecified atom stereocenters. The summed E-state index contributed by atoms with van der Waals surface area (Å²) in [5.41, 5.74) is 1.33. The number of carbonyl (C=O) groups excluding carboxylic acids is 1. The monoisotopic (exact) mass is 308 g/mol. The number of nitriles is 1. The number of nitrogens with one attached hydrogen (secondary N) is 1. The van der Waals surface area contributed by atoms with Crippen LogP contribution in [0.25, 0.3) is 0 Å². The molecule has 2 N–H and O–H groups in total. The van der Waals surface area contributed by atoms with Crippen molar-refractivity contribution in [1.82, 2.24) is 5.32 Å². The molecule has 118 valence electrons. The third kappa shape index (κ3) is 4.67. The molecule has 0 saturated carbocycles. The van der Waals surface area contributed by atoms with E-state index >= 15 is 0 Å². The van der Waals surface area contributed by atoms with Crippen molar-refractivity contribution in [3.8, 4) is 6.07 Å². The van der Waals surface area contributed by atoms with Gasteiger partial charge in [0.05, 0.1) is 25.5 Å². The fourth-order valence-electron chi connectivity index (χ4n) is 2.39. The highest BCUT2D eigenvalue weighted by molar-refractivity contribution is 5.79. The first-order valence-corrected chi connectivity index (χ1v) is 7.51. The number of rotatable bonds is 6. The molecule has 0 aromatic heterocycles. The Balaban J connectivity index is 1.97. The van der Waals surface area contributed by atoms with Gasteiger partial charge >= 0.3 is 0 Å². The van der Waals surface area contributed by atoms with E-state index < -0.39 is 5.60 Å². The predicted molar refractivity (Wildman–Crippen MR) is 88.5 cm³/mol. The summed E-state index contributed by atoms with van der Waals surface area (Å²) in [7, 11) is 0. The third-order valence-electron chi connectivity index (χ3n) is 3.76. The van der Waals surface area contributed by atoms with Crippen LogP contribution in [-0.4, -0.2) is 17.6 Å². The van der Waals surface area contributed by atoms with Crippen LogP contribution in [-0.2, 0) is 23.2 Å². The Kier molecular flexibility index (Phi) is 5.51. The summed E-state index contributed by atoms with van der Waals surface area (Å²) in [5.74, 6) is -0.174. The Bertz CT molecular complexity index is 703. The van der Waals surface area contributed by atoms with Crippen LogP contribution >= 0.6 is 0 Å². The molecule has 0 spiro atoms. The van der Waals surface area contributed by atoms with Crippen molar-refractivity contribution in [1.29, 1.82) is 5.26 Å². The number of hydrogen-bond acceptors (Lipinski definition) is 3. The van der Waals surface area contributed by atoms with Gasteiger partial charge in [0.25, 0.3) is 0 Å². The lowest BCUT2D eigenvalue weighted by Gasteiger charge is -2.24. The Morgan fingerprint density at radius 1 is 1.13 bits per heavy atom. The van der Waals surface area contributed by atoms with Crippen LogP contribution in [0.1, 0.15) is 23.6 Å². The Morgan fingerprint density at radius 2 is 1.74 bits per heavy atom. The van der Waals surface area contributed by atoms with Gasteiger partial charge in [0, 0.05) is 0 Å². The minimum Gasteiger partial charge on any atom is -0.384 e. The van der Waals surface area contributed by atoms with Crippen molar-refractivity contribution in [2.24, 2.45) is 0 Å². The van der Waals surface area contributed by atoms with E-state index in [1.54, 1.807) is 6.92 Å². The van der Waals surface area contributed by atoms with Crippen molar-refractivity contribution < 1.29 is 9.90 Å². The van der Waals surface area contributed by atoms with Gasteiger partial charge in [-0.1, -0.05) is 54.6 Å². The molecule has 4 nitrogen and oxygen atoms in total. The van der Waals surface area contributed by atoms with E-state index in [0.29, 0.717) is 0 Å². The first kappa shape index (κ1) is 16.7. The summed E-state index contributed by atoms with van der Waals surface area (Å²) >= 11 is 0. The molecule has 0 aliphatic carbocycles. The lowest BCUT2D eigenvalue weighted by molar-refractivity contribution is -0.121. The summed E-state index contributed by atoms with van der Waals surface area (Å²) in [6.45, 7) is 1.81. The lowest BCUT2D eigenvalue weighted by atomic mass is 9.96. The summed E-state index contributed by atoms with van der Waals surface area (Å²) < 4.78 is 0. The van der Waals surface area contributed by atoms with Crippen LogP contribution in [0.3, 0.4) is 0 Å². The second kappa shape index (κ2) is 7.57.